The van der Waals surface area contributed by atoms with Gasteiger partial charge in [-0.3, -0.25) is 9.52 Å². The molecule has 1 heterocycles. The van der Waals surface area contributed by atoms with Crippen molar-refractivity contribution >= 4 is 32.5 Å². The van der Waals surface area contributed by atoms with Gasteiger partial charge < -0.3 is 9.15 Å². The van der Waals surface area contributed by atoms with Gasteiger partial charge in [0.25, 0.3) is 0 Å². The molecule has 28 heavy (non-hydrogen) atoms. The zero-order valence-electron chi connectivity index (χ0n) is 16.1. The fraction of sp³-hybridized carbons (Fsp3) is 0.286. The van der Waals surface area contributed by atoms with E-state index in [-0.39, 0.29) is 5.78 Å². The molecule has 0 atom stereocenters. The Kier molecular flexibility index (Phi) is 5.74. The van der Waals surface area contributed by atoms with E-state index in [1.54, 1.807) is 49.6 Å². The Morgan fingerprint density at radius 1 is 1.14 bits per heavy atom. The normalized spacial score (nSPS) is 11.5. The van der Waals surface area contributed by atoms with Crippen LogP contribution in [-0.2, 0) is 16.4 Å². The molecule has 2 aromatic carbocycles. The van der Waals surface area contributed by atoms with E-state index in [0.29, 0.717) is 45.7 Å². The Balaban J connectivity index is 2.12. The smallest absolute Gasteiger partial charge is 0.229 e. The lowest BCUT2D eigenvalue weighted by molar-refractivity contribution is 0.103. The summed E-state index contributed by atoms with van der Waals surface area (Å²) in [6.45, 7) is 2.07. The lowest BCUT2D eigenvalue weighted by Gasteiger charge is -2.06. The highest BCUT2D eigenvalue weighted by atomic mass is 32.2. The van der Waals surface area contributed by atoms with Gasteiger partial charge in [0.2, 0.25) is 10.0 Å². The number of aryl methyl sites for hydroxylation is 1. The van der Waals surface area contributed by atoms with Crippen LogP contribution in [0.15, 0.2) is 46.9 Å². The number of benzene rings is 2. The van der Waals surface area contributed by atoms with Crippen molar-refractivity contribution < 1.29 is 22.4 Å². The predicted molar refractivity (Wildman–Crippen MR) is 110 cm³/mol. The molecule has 0 aliphatic heterocycles. The standard InChI is InChI=1S/C21H23NO5S/c1-4-5-6-19-20(21(23)14-7-10-16(26-2)11-8-14)17-13-15(22-28(3,24)25)9-12-18(17)27-19/h7-13,22H,4-6H2,1-3H3. The highest BCUT2D eigenvalue weighted by molar-refractivity contribution is 7.92. The van der Waals surface area contributed by atoms with Crippen molar-refractivity contribution in [2.75, 3.05) is 18.1 Å². The van der Waals surface area contributed by atoms with Crippen LogP contribution in [0.2, 0.25) is 0 Å². The lowest BCUT2D eigenvalue weighted by atomic mass is 9.98. The van der Waals surface area contributed by atoms with E-state index in [9.17, 15) is 13.2 Å². The van der Waals surface area contributed by atoms with Crippen LogP contribution in [-0.4, -0.2) is 27.6 Å². The largest absolute Gasteiger partial charge is 0.497 e. The summed E-state index contributed by atoms with van der Waals surface area (Å²) in [5.41, 5.74) is 1.94. The first-order valence-corrected chi connectivity index (χ1v) is 10.9. The Morgan fingerprint density at radius 2 is 1.86 bits per heavy atom. The van der Waals surface area contributed by atoms with Gasteiger partial charge in [0.05, 0.1) is 18.9 Å². The second-order valence-corrected chi connectivity index (χ2v) is 8.40. The molecule has 0 aliphatic carbocycles. The second kappa shape index (κ2) is 8.06. The first kappa shape index (κ1) is 19.9. The zero-order chi connectivity index (χ0) is 20.3. The molecule has 1 N–H and O–H groups in total. The number of anilines is 1. The molecule has 0 radical (unpaired) electrons. The number of rotatable bonds is 8. The Labute approximate surface area is 164 Å². The molecule has 6 nitrogen and oxygen atoms in total. The van der Waals surface area contributed by atoms with Crippen LogP contribution >= 0.6 is 0 Å². The SMILES string of the molecule is CCCCc1oc2ccc(NS(C)(=O)=O)cc2c1C(=O)c1ccc(OC)cc1. The molecule has 0 spiro atoms. The van der Waals surface area contributed by atoms with E-state index in [0.717, 1.165) is 19.1 Å². The minimum Gasteiger partial charge on any atom is -0.497 e. The minimum absolute atomic E-state index is 0.163. The molecule has 3 rings (SSSR count). The zero-order valence-corrected chi connectivity index (χ0v) is 16.9. The Bertz CT molecular complexity index is 1100. The molecule has 1 aromatic heterocycles. The van der Waals surface area contributed by atoms with Gasteiger partial charge in [-0.2, -0.15) is 0 Å². The van der Waals surface area contributed by atoms with Gasteiger partial charge in [0.15, 0.2) is 5.78 Å². The fourth-order valence-corrected chi connectivity index (χ4v) is 3.63. The van der Waals surface area contributed by atoms with Crippen LogP contribution in [0.5, 0.6) is 5.75 Å². The van der Waals surface area contributed by atoms with E-state index < -0.39 is 10.0 Å². The average molecular weight is 401 g/mol. The molecule has 0 amide bonds. The van der Waals surface area contributed by atoms with Crippen molar-refractivity contribution in [2.45, 2.75) is 26.2 Å². The van der Waals surface area contributed by atoms with E-state index in [2.05, 4.69) is 11.6 Å². The van der Waals surface area contributed by atoms with Crippen molar-refractivity contribution in [3.63, 3.8) is 0 Å². The molecule has 0 bridgehead atoms. The maximum Gasteiger partial charge on any atom is 0.229 e. The van der Waals surface area contributed by atoms with Gasteiger partial charge >= 0.3 is 0 Å². The van der Waals surface area contributed by atoms with Crippen molar-refractivity contribution in [2.24, 2.45) is 0 Å². The quantitative estimate of drug-likeness (QED) is 0.566. The number of methoxy groups -OCH3 is 1. The topological polar surface area (TPSA) is 85.6 Å². The molecule has 0 saturated heterocycles. The maximum absolute atomic E-state index is 13.3. The summed E-state index contributed by atoms with van der Waals surface area (Å²) in [7, 11) is -1.86. The predicted octanol–water partition coefficient (Wildman–Crippen LogP) is 4.39. The maximum atomic E-state index is 13.3. The third-order valence-corrected chi connectivity index (χ3v) is 5.01. The molecule has 148 valence electrons. The molecule has 0 fully saturated rings. The minimum atomic E-state index is -3.43. The number of furan rings is 1. The highest BCUT2D eigenvalue weighted by Gasteiger charge is 2.22. The Hall–Kier alpha value is -2.80. The summed E-state index contributed by atoms with van der Waals surface area (Å²) in [6, 6.07) is 11.8. The van der Waals surface area contributed by atoms with E-state index in [1.807, 2.05) is 0 Å². The number of unbranched alkanes of at least 4 members (excludes halogenated alkanes) is 1. The first-order chi connectivity index (χ1) is 13.3. The van der Waals surface area contributed by atoms with Gasteiger partial charge in [-0.15, -0.1) is 0 Å². The number of carbonyl (C=O) groups is 1. The number of hydrogen-bond donors (Lipinski definition) is 1. The van der Waals surface area contributed by atoms with Crippen molar-refractivity contribution in [3.05, 3.63) is 59.4 Å². The van der Waals surface area contributed by atoms with Gasteiger partial charge in [-0.05, 0) is 48.9 Å². The van der Waals surface area contributed by atoms with Crippen LogP contribution in [0.25, 0.3) is 11.0 Å². The third kappa shape index (κ3) is 4.36. The van der Waals surface area contributed by atoms with Gasteiger partial charge in [0, 0.05) is 23.1 Å². The molecule has 3 aromatic rings. The van der Waals surface area contributed by atoms with Crippen molar-refractivity contribution in [3.8, 4) is 5.75 Å². The Morgan fingerprint density at radius 3 is 2.46 bits per heavy atom. The number of carbonyl (C=O) groups excluding carboxylic acids is 1. The average Bonchev–Trinajstić information content (AvgIpc) is 3.02. The summed E-state index contributed by atoms with van der Waals surface area (Å²) >= 11 is 0. The molecule has 7 heteroatoms. The summed E-state index contributed by atoms with van der Waals surface area (Å²) < 4.78 is 36.7. The van der Waals surface area contributed by atoms with Gasteiger partial charge in [-0.1, -0.05) is 13.3 Å². The van der Waals surface area contributed by atoms with Crippen LogP contribution in [0.1, 0.15) is 41.4 Å². The van der Waals surface area contributed by atoms with Crippen LogP contribution < -0.4 is 9.46 Å². The van der Waals surface area contributed by atoms with Crippen molar-refractivity contribution in [1.82, 2.24) is 0 Å². The highest BCUT2D eigenvalue weighted by Crippen LogP contribution is 2.32. The van der Waals surface area contributed by atoms with Gasteiger partial charge in [0.1, 0.15) is 17.1 Å². The summed E-state index contributed by atoms with van der Waals surface area (Å²) in [6.07, 6.45) is 3.57. The lowest BCUT2D eigenvalue weighted by Crippen LogP contribution is -2.09. The number of ketones is 1. The third-order valence-electron chi connectivity index (χ3n) is 4.40. The van der Waals surface area contributed by atoms with E-state index in [1.165, 1.54) is 0 Å². The number of nitrogens with one attached hydrogen (secondary N) is 1. The molecule has 0 aliphatic rings. The molecule has 0 unspecified atom stereocenters. The van der Waals surface area contributed by atoms with Crippen molar-refractivity contribution in [1.29, 1.82) is 0 Å². The number of ether oxygens (including phenoxy) is 1. The summed E-state index contributed by atoms with van der Waals surface area (Å²) in [4.78, 5) is 13.3. The number of fused-ring (bicyclic) bond motifs is 1. The first-order valence-electron chi connectivity index (χ1n) is 9.04. The number of hydrogen-bond acceptors (Lipinski definition) is 5. The molecule has 0 saturated carbocycles. The van der Waals surface area contributed by atoms with Crippen LogP contribution in [0, 0.1) is 0 Å². The van der Waals surface area contributed by atoms with Crippen LogP contribution in [0.4, 0.5) is 5.69 Å². The summed E-state index contributed by atoms with van der Waals surface area (Å²) in [5, 5.41) is 0.598. The molecular formula is C21H23NO5S. The molecular weight excluding hydrogens is 378 g/mol. The van der Waals surface area contributed by atoms with Gasteiger partial charge in [-0.25, -0.2) is 8.42 Å². The van der Waals surface area contributed by atoms with E-state index >= 15 is 0 Å². The monoisotopic (exact) mass is 401 g/mol. The van der Waals surface area contributed by atoms with Crippen LogP contribution in [0.3, 0.4) is 0 Å². The summed E-state index contributed by atoms with van der Waals surface area (Å²) in [5.74, 6) is 1.12. The number of sulfonamides is 1. The second-order valence-electron chi connectivity index (χ2n) is 6.65. The van der Waals surface area contributed by atoms with E-state index in [4.69, 9.17) is 9.15 Å². The fourth-order valence-electron chi connectivity index (χ4n) is 3.07.